The van der Waals surface area contributed by atoms with Crippen molar-refractivity contribution in [1.29, 1.82) is 0 Å². The average molecular weight is 194 g/mol. The number of benzene rings is 1. The van der Waals surface area contributed by atoms with Gasteiger partial charge in [0.1, 0.15) is 5.78 Å². The van der Waals surface area contributed by atoms with Crippen molar-refractivity contribution in [2.45, 2.75) is 18.6 Å². The van der Waals surface area contributed by atoms with Gasteiger partial charge in [-0.15, -0.1) is 0 Å². The van der Waals surface area contributed by atoms with E-state index in [9.17, 15) is 4.79 Å². The van der Waals surface area contributed by atoms with Gasteiger partial charge in [-0.2, -0.15) is 11.8 Å². The summed E-state index contributed by atoms with van der Waals surface area (Å²) in [6.45, 7) is 1.95. The van der Waals surface area contributed by atoms with Gasteiger partial charge in [0.25, 0.3) is 0 Å². The van der Waals surface area contributed by atoms with Crippen LogP contribution in [0.5, 0.6) is 0 Å². The van der Waals surface area contributed by atoms with Crippen molar-refractivity contribution in [2.24, 2.45) is 0 Å². The Morgan fingerprint density at radius 1 is 1.38 bits per heavy atom. The van der Waals surface area contributed by atoms with E-state index in [0.29, 0.717) is 12.2 Å². The maximum atomic E-state index is 11.5. The van der Waals surface area contributed by atoms with Gasteiger partial charge in [-0.25, -0.2) is 0 Å². The van der Waals surface area contributed by atoms with Gasteiger partial charge < -0.3 is 0 Å². The summed E-state index contributed by atoms with van der Waals surface area (Å²) < 4.78 is 0. The molecule has 1 atom stereocenters. The molecule has 0 aromatic heterocycles. The molecule has 1 nitrogen and oxygen atoms in total. The Kier molecular flexibility index (Phi) is 4.03. The van der Waals surface area contributed by atoms with Crippen LogP contribution in [0.1, 0.15) is 12.5 Å². The van der Waals surface area contributed by atoms with Crippen LogP contribution in [0.3, 0.4) is 0 Å². The lowest BCUT2D eigenvalue weighted by molar-refractivity contribution is -0.117. The molecule has 0 spiro atoms. The highest BCUT2D eigenvalue weighted by molar-refractivity contribution is 7.99. The van der Waals surface area contributed by atoms with Gasteiger partial charge in [-0.3, -0.25) is 4.79 Å². The van der Waals surface area contributed by atoms with Crippen LogP contribution in [0.25, 0.3) is 0 Å². The first-order chi connectivity index (χ1) is 6.24. The summed E-state index contributed by atoms with van der Waals surface area (Å²) in [5.41, 5.74) is 1.11. The Morgan fingerprint density at radius 3 is 2.54 bits per heavy atom. The van der Waals surface area contributed by atoms with Gasteiger partial charge in [0.15, 0.2) is 0 Å². The normalized spacial score (nSPS) is 12.5. The Hall–Kier alpha value is -0.760. The van der Waals surface area contributed by atoms with Crippen LogP contribution in [-0.4, -0.2) is 17.3 Å². The predicted molar refractivity (Wildman–Crippen MR) is 58.1 cm³/mol. The van der Waals surface area contributed by atoms with Crippen LogP contribution in [0.15, 0.2) is 30.3 Å². The van der Waals surface area contributed by atoms with E-state index in [1.165, 1.54) is 0 Å². The highest BCUT2D eigenvalue weighted by Crippen LogP contribution is 2.10. The second kappa shape index (κ2) is 5.07. The van der Waals surface area contributed by atoms with E-state index in [-0.39, 0.29) is 5.25 Å². The van der Waals surface area contributed by atoms with E-state index in [4.69, 9.17) is 0 Å². The molecule has 70 valence electrons. The lowest BCUT2D eigenvalue weighted by Crippen LogP contribution is -2.15. The second-order valence-corrected chi connectivity index (χ2v) is 4.19. The summed E-state index contributed by atoms with van der Waals surface area (Å²) in [6, 6.07) is 9.88. The van der Waals surface area contributed by atoms with E-state index in [1.54, 1.807) is 11.8 Å². The van der Waals surface area contributed by atoms with Crippen LogP contribution in [0, 0.1) is 0 Å². The zero-order valence-electron chi connectivity index (χ0n) is 7.99. The van der Waals surface area contributed by atoms with Gasteiger partial charge in [0.2, 0.25) is 0 Å². The fraction of sp³-hybridized carbons (Fsp3) is 0.364. The molecule has 0 radical (unpaired) electrons. The first-order valence-corrected chi connectivity index (χ1v) is 5.62. The summed E-state index contributed by atoms with van der Waals surface area (Å²) in [4.78, 5) is 11.5. The molecule has 0 fully saturated rings. The monoisotopic (exact) mass is 194 g/mol. The Balaban J connectivity index is 2.55. The van der Waals surface area contributed by atoms with Gasteiger partial charge in [-0.05, 0) is 18.7 Å². The van der Waals surface area contributed by atoms with Crippen molar-refractivity contribution in [3.05, 3.63) is 35.9 Å². The molecule has 0 N–H and O–H groups in total. The first kappa shape index (κ1) is 10.3. The van der Waals surface area contributed by atoms with Crippen LogP contribution in [0.4, 0.5) is 0 Å². The van der Waals surface area contributed by atoms with Crippen molar-refractivity contribution < 1.29 is 4.79 Å². The number of hydrogen-bond acceptors (Lipinski definition) is 2. The van der Waals surface area contributed by atoms with E-state index >= 15 is 0 Å². The van der Waals surface area contributed by atoms with Crippen molar-refractivity contribution in [1.82, 2.24) is 0 Å². The maximum absolute atomic E-state index is 11.5. The number of Topliss-reactive ketones (excluding diaryl/α,β-unsaturated/α-hetero) is 1. The minimum atomic E-state index is 0.111. The summed E-state index contributed by atoms with van der Waals surface area (Å²) in [5, 5.41) is 0.111. The number of thioether (sulfide) groups is 1. The smallest absolute Gasteiger partial charge is 0.149 e. The molecule has 2 heteroatoms. The molecule has 0 saturated heterocycles. The van der Waals surface area contributed by atoms with Gasteiger partial charge in [0.05, 0.1) is 5.25 Å². The number of hydrogen-bond donors (Lipinski definition) is 0. The first-order valence-electron chi connectivity index (χ1n) is 4.33. The standard InChI is InChI=1S/C11H14OS/c1-9(13-2)11(12)8-10-6-4-3-5-7-10/h3-7,9H,8H2,1-2H3. The van der Waals surface area contributed by atoms with Gasteiger partial charge in [0, 0.05) is 6.42 Å². The fourth-order valence-corrected chi connectivity index (χ4v) is 1.42. The molecule has 0 aliphatic rings. The molecule has 13 heavy (non-hydrogen) atoms. The average Bonchev–Trinajstić information content (AvgIpc) is 2.18. The third-order valence-corrected chi connectivity index (χ3v) is 3.00. The minimum absolute atomic E-state index is 0.111. The van der Waals surface area contributed by atoms with Crippen LogP contribution in [-0.2, 0) is 11.2 Å². The molecule has 0 aliphatic carbocycles. The van der Waals surface area contributed by atoms with Crippen LogP contribution < -0.4 is 0 Å². The predicted octanol–water partition coefficient (Wildman–Crippen LogP) is 2.55. The molecule has 0 amide bonds. The van der Waals surface area contributed by atoms with E-state index in [1.807, 2.05) is 43.5 Å². The Bertz CT molecular complexity index is 269. The molecular weight excluding hydrogens is 180 g/mol. The Morgan fingerprint density at radius 2 is 2.00 bits per heavy atom. The zero-order valence-corrected chi connectivity index (χ0v) is 8.80. The number of rotatable bonds is 4. The highest BCUT2D eigenvalue weighted by Gasteiger charge is 2.10. The van der Waals surface area contributed by atoms with Crippen molar-refractivity contribution in [2.75, 3.05) is 6.26 Å². The Labute approximate surface area is 83.5 Å². The topological polar surface area (TPSA) is 17.1 Å². The lowest BCUT2D eigenvalue weighted by atomic mass is 10.1. The molecule has 1 unspecified atom stereocenters. The second-order valence-electron chi connectivity index (χ2n) is 3.01. The van der Waals surface area contributed by atoms with Crippen LogP contribution in [0.2, 0.25) is 0 Å². The molecule has 1 rings (SSSR count). The van der Waals surface area contributed by atoms with E-state index in [0.717, 1.165) is 5.56 Å². The van der Waals surface area contributed by atoms with Crippen molar-refractivity contribution in [3.8, 4) is 0 Å². The summed E-state index contributed by atoms with van der Waals surface area (Å²) in [7, 11) is 0. The number of carbonyl (C=O) groups excluding carboxylic acids is 1. The summed E-state index contributed by atoms with van der Waals surface area (Å²) >= 11 is 1.60. The molecule has 1 aromatic carbocycles. The van der Waals surface area contributed by atoms with Crippen molar-refractivity contribution >= 4 is 17.5 Å². The molecule has 0 bridgehead atoms. The molecule has 0 aliphatic heterocycles. The molecule has 0 saturated carbocycles. The fourth-order valence-electron chi connectivity index (χ4n) is 1.07. The lowest BCUT2D eigenvalue weighted by Gasteiger charge is -2.06. The summed E-state index contributed by atoms with van der Waals surface area (Å²) in [6.07, 6.45) is 2.52. The quantitative estimate of drug-likeness (QED) is 0.732. The van der Waals surface area contributed by atoms with Gasteiger partial charge >= 0.3 is 0 Å². The minimum Gasteiger partial charge on any atom is -0.298 e. The van der Waals surface area contributed by atoms with Crippen LogP contribution >= 0.6 is 11.8 Å². The largest absolute Gasteiger partial charge is 0.298 e. The number of ketones is 1. The van der Waals surface area contributed by atoms with E-state index < -0.39 is 0 Å². The SMILES string of the molecule is CSC(C)C(=O)Cc1ccccc1. The highest BCUT2D eigenvalue weighted by atomic mass is 32.2. The zero-order chi connectivity index (χ0) is 9.68. The maximum Gasteiger partial charge on any atom is 0.149 e. The third kappa shape index (κ3) is 3.23. The van der Waals surface area contributed by atoms with Crippen molar-refractivity contribution in [3.63, 3.8) is 0 Å². The third-order valence-electron chi connectivity index (χ3n) is 2.03. The molecular formula is C11H14OS. The van der Waals surface area contributed by atoms with E-state index in [2.05, 4.69) is 0 Å². The summed E-state index contributed by atoms with van der Waals surface area (Å²) in [5.74, 6) is 0.304. The van der Waals surface area contributed by atoms with Gasteiger partial charge in [-0.1, -0.05) is 30.3 Å². The molecule has 1 aromatic rings. The number of carbonyl (C=O) groups is 1. The molecule has 0 heterocycles.